The highest BCUT2D eigenvalue weighted by molar-refractivity contribution is 9.10. The van der Waals surface area contributed by atoms with Crippen LogP contribution in [0.4, 0.5) is 4.39 Å². The first-order valence-electron chi connectivity index (χ1n) is 6.67. The first-order chi connectivity index (χ1) is 9.65. The zero-order valence-electron chi connectivity index (χ0n) is 10.9. The van der Waals surface area contributed by atoms with Gasteiger partial charge in [0.1, 0.15) is 5.82 Å². The zero-order valence-corrected chi connectivity index (χ0v) is 12.5. The maximum Gasteiger partial charge on any atom is 0.127 e. The van der Waals surface area contributed by atoms with Crippen molar-refractivity contribution >= 4 is 15.9 Å². The second kappa shape index (κ2) is 5.64. The fourth-order valence-electron chi connectivity index (χ4n) is 2.78. The van der Waals surface area contributed by atoms with Crippen molar-refractivity contribution in [2.75, 3.05) is 0 Å². The molecule has 2 atom stereocenters. The normalized spacial score (nSPS) is 20.9. The highest BCUT2D eigenvalue weighted by Crippen LogP contribution is 2.37. The SMILES string of the molecule is NC1CC(NCc2cc(Br)ccc2F)c2ccccc21. The predicted octanol–water partition coefficient (Wildman–Crippen LogP) is 3.82. The molecular formula is C16H16BrFN2. The van der Waals surface area contributed by atoms with E-state index in [1.54, 1.807) is 6.07 Å². The Labute approximate surface area is 126 Å². The third kappa shape index (κ3) is 2.64. The van der Waals surface area contributed by atoms with E-state index in [-0.39, 0.29) is 17.9 Å². The molecule has 0 bridgehead atoms. The summed E-state index contributed by atoms with van der Waals surface area (Å²) in [7, 11) is 0. The molecule has 0 spiro atoms. The molecule has 0 aliphatic heterocycles. The largest absolute Gasteiger partial charge is 0.324 e. The van der Waals surface area contributed by atoms with Gasteiger partial charge in [0.15, 0.2) is 0 Å². The lowest BCUT2D eigenvalue weighted by Crippen LogP contribution is -2.20. The van der Waals surface area contributed by atoms with Gasteiger partial charge in [0, 0.05) is 28.7 Å². The molecule has 0 saturated carbocycles. The lowest BCUT2D eigenvalue weighted by atomic mass is 10.1. The Hall–Kier alpha value is -1.23. The van der Waals surface area contributed by atoms with Gasteiger partial charge in [-0.25, -0.2) is 4.39 Å². The van der Waals surface area contributed by atoms with Gasteiger partial charge >= 0.3 is 0 Å². The van der Waals surface area contributed by atoms with E-state index in [4.69, 9.17) is 5.73 Å². The summed E-state index contributed by atoms with van der Waals surface area (Å²) in [5, 5.41) is 3.41. The number of rotatable bonds is 3. The molecule has 1 aliphatic carbocycles. The molecule has 20 heavy (non-hydrogen) atoms. The molecule has 0 aromatic heterocycles. The van der Waals surface area contributed by atoms with Crippen molar-refractivity contribution in [3.63, 3.8) is 0 Å². The Morgan fingerprint density at radius 1 is 1.20 bits per heavy atom. The van der Waals surface area contributed by atoms with Crippen molar-refractivity contribution in [3.8, 4) is 0 Å². The van der Waals surface area contributed by atoms with E-state index in [1.807, 2.05) is 18.2 Å². The molecule has 0 saturated heterocycles. The number of nitrogens with two attached hydrogens (primary N) is 1. The van der Waals surface area contributed by atoms with Gasteiger partial charge in [-0.1, -0.05) is 40.2 Å². The maximum atomic E-state index is 13.7. The molecule has 3 rings (SSSR count). The topological polar surface area (TPSA) is 38.0 Å². The second-order valence-electron chi connectivity index (χ2n) is 5.14. The fraction of sp³-hybridized carbons (Fsp3) is 0.250. The molecule has 0 fully saturated rings. The number of hydrogen-bond donors (Lipinski definition) is 2. The van der Waals surface area contributed by atoms with Crippen LogP contribution in [0.5, 0.6) is 0 Å². The van der Waals surface area contributed by atoms with E-state index in [2.05, 4.69) is 33.4 Å². The monoisotopic (exact) mass is 334 g/mol. The Bertz CT molecular complexity index is 630. The lowest BCUT2D eigenvalue weighted by Gasteiger charge is -2.14. The van der Waals surface area contributed by atoms with Crippen LogP contribution in [-0.4, -0.2) is 0 Å². The molecule has 4 heteroatoms. The minimum Gasteiger partial charge on any atom is -0.324 e. The van der Waals surface area contributed by atoms with Crippen LogP contribution in [0.1, 0.15) is 35.2 Å². The summed E-state index contributed by atoms with van der Waals surface area (Å²) >= 11 is 3.37. The number of halogens is 2. The molecule has 2 aromatic rings. The molecule has 2 aromatic carbocycles. The van der Waals surface area contributed by atoms with Crippen molar-refractivity contribution in [3.05, 3.63) is 69.4 Å². The molecule has 2 nitrogen and oxygen atoms in total. The number of fused-ring (bicyclic) bond motifs is 1. The Morgan fingerprint density at radius 3 is 2.75 bits per heavy atom. The van der Waals surface area contributed by atoms with E-state index in [1.165, 1.54) is 17.2 Å². The van der Waals surface area contributed by atoms with E-state index < -0.39 is 0 Å². The lowest BCUT2D eigenvalue weighted by molar-refractivity contribution is 0.488. The van der Waals surface area contributed by atoms with Crippen LogP contribution in [0.25, 0.3) is 0 Å². The highest BCUT2D eigenvalue weighted by atomic mass is 79.9. The van der Waals surface area contributed by atoms with Crippen LogP contribution in [0.15, 0.2) is 46.9 Å². The summed E-state index contributed by atoms with van der Waals surface area (Å²) in [6.07, 6.45) is 0.856. The van der Waals surface area contributed by atoms with Crippen LogP contribution in [0.3, 0.4) is 0 Å². The van der Waals surface area contributed by atoms with Crippen molar-refractivity contribution < 1.29 is 4.39 Å². The Balaban J connectivity index is 1.75. The summed E-state index contributed by atoms with van der Waals surface area (Å²) in [5.74, 6) is -0.184. The summed E-state index contributed by atoms with van der Waals surface area (Å²) in [6.45, 7) is 0.497. The van der Waals surface area contributed by atoms with Crippen LogP contribution in [0, 0.1) is 5.82 Å². The van der Waals surface area contributed by atoms with Crippen LogP contribution >= 0.6 is 15.9 Å². The quantitative estimate of drug-likeness (QED) is 0.895. The van der Waals surface area contributed by atoms with Gasteiger partial charge < -0.3 is 11.1 Å². The van der Waals surface area contributed by atoms with Crippen LogP contribution in [0.2, 0.25) is 0 Å². The number of hydrogen-bond acceptors (Lipinski definition) is 2. The van der Waals surface area contributed by atoms with Crippen molar-refractivity contribution in [2.24, 2.45) is 5.73 Å². The maximum absolute atomic E-state index is 13.7. The number of nitrogens with one attached hydrogen (secondary N) is 1. The van der Waals surface area contributed by atoms with Gasteiger partial charge in [0.05, 0.1) is 0 Å². The summed E-state index contributed by atoms with van der Waals surface area (Å²) < 4.78 is 14.6. The average molecular weight is 335 g/mol. The zero-order chi connectivity index (χ0) is 14.1. The fourth-order valence-corrected chi connectivity index (χ4v) is 3.19. The van der Waals surface area contributed by atoms with Crippen molar-refractivity contribution in [2.45, 2.75) is 25.0 Å². The summed E-state index contributed by atoms with van der Waals surface area (Å²) in [6, 6.07) is 13.5. The highest BCUT2D eigenvalue weighted by Gasteiger charge is 2.27. The smallest absolute Gasteiger partial charge is 0.127 e. The van der Waals surface area contributed by atoms with Crippen molar-refractivity contribution in [1.82, 2.24) is 5.32 Å². The van der Waals surface area contributed by atoms with Crippen LogP contribution in [-0.2, 0) is 6.54 Å². The molecule has 3 N–H and O–H groups in total. The minimum absolute atomic E-state index is 0.0658. The van der Waals surface area contributed by atoms with Gasteiger partial charge in [-0.05, 0) is 35.7 Å². The molecule has 104 valence electrons. The van der Waals surface area contributed by atoms with E-state index >= 15 is 0 Å². The average Bonchev–Trinajstić information content (AvgIpc) is 2.77. The first kappa shape index (κ1) is 13.7. The van der Waals surface area contributed by atoms with Gasteiger partial charge in [-0.15, -0.1) is 0 Å². The predicted molar refractivity (Wildman–Crippen MR) is 81.7 cm³/mol. The molecule has 2 unspecified atom stereocenters. The molecule has 1 aliphatic rings. The minimum atomic E-state index is -0.184. The molecule has 0 amide bonds. The summed E-state index contributed by atoms with van der Waals surface area (Å²) in [4.78, 5) is 0. The van der Waals surface area contributed by atoms with E-state index in [0.29, 0.717) is 12.1 Å². The molecule has 0 heterocycles. The third-order valence-electron chi connectivity index (χ3n) is 3.81. The summed E-state index contributed by atoms with van der Waals surface area (Å²) in [5.41, 5.74) is 9.23. The van der Waals surface area contributed by atoms with Crippen molar-refractivity contribution in [1.29, 1.82) is 0 Å². The van der Waals surface area contributed by atoms with E-state index in [0.717, 1.165) is 10.9 Å². The van der Waals surface area contributed by atoms with Crippen LogP contribution < -0.4 is 11.1 Å². The Kier molecular flexibility index (Phi) is 3.87. The van der Waals surface area contributed by atoms with Gasteiger partial charge in [0.25, 0.3) is 0 Å². The first-order valence-corrected chi connectivity index (χ1v) is 7.46. The standard InChI is InChI=1S/C16H16BrFN2/c17-11-5-6-14(18)10(7-11)9-20-16-8-15(19)12-3-1-2-4-13(12)16/h1-7,15-16,20H,8-9,19H2. The third-order valence-corrected chi connectivity index (χ3v) is 4.30. The van der Waals surface area contributed by atoms with E-state index in [9.17, 15) is 4.39 Å². The molecule has 0 radical (unpaired) electrons. The van der Waals surface area contributed by atoms with Gasteiger partial charge in [0.2, 0.25) is 0 Å². The molecular weight excluding hydrogens is 319 g/mol. The Morgan fingerprint density at radius 2 is 1.95 bits per heavy atom. The second-order valence-corrected chi connectivity index (χ2v) is 6.06. The van der Waals surface area contributed by atoms with Gasteiger partial charge in [-0.3, -0.25) is 0 Å². The number of benzene rings is 2. The van der Waals surface area contributed by atoms with Gasteiger partial charge in [-0.2, -0.15) is 0 Å².